The lowest BCUT2D eigenvalue weighted by atomic mass is 10.1. The maximum atomic E-state index is 12.5. The van der Waals surface area contributed by atoms with E-state index in [0.717, 1.165) is 25.8 Å². The lowest BCUT2D eigenvalue weighted by Crippen LogP contribution is -2.51. The van der Waals surface area contributed by atoms with E-state index in [1.807, 2.05) is 7.05 Å². The molecule has 2 rings (SSSR count). The Bertz CT molecular complexity index is 410. The molecule has 0 aromatic heterocycles. The van der Waals surface area contributed by atoms with Crippen LogP contribution in [-0.4, -0.2) is 66.2 Å². The predicted octanol–water partition coefficient (Wildman–Crippen LogP) is -0.223. The van der Waals surface area contributed by atoms with Crippen molar-refractivity contribution in [3.63, 3.8) is 0 Å². The van der Waals surface area contributed by atoms with Crippen molar-refractivity contribution in [2.75, 3.05) is 26.7 Å². The largest absolute Gasteiger partial charge is 0.347 e. The minimum atomic E-state index is -0.407. The van der Waals surface area contributed by atoms with Crippen LogP contribution in [0.5, 0.6) is 0 Å². The van der Waals surface area contributed by atoms with Gasteiger partial charge in [0.1, 0.15) is 11.8 Å². The van der Waals surface area contributed by atoms with Gasteiger partial charge < -0.3 is 10.2 Å². The number of carbonyl (C=O) groups is 3. The number of nitrogens with zero attached hydrogens (tertiary/aromatic N) is 2. The van der Waals surface area contributed by atoms with Crippen LogP contribution in [0.15, 0.2) is 0 Å². The highest BCUT2D eigenvalue weighted by Crippen LogP contribution is 2.23. The van der Waals surface area contributed by atoms with E-state index in [2.05, 4.69) is 10.2 Å². The summed E-state index contributed by atoms with van der Waals surface area (Å²) in [4.78, 5) is 39.3. The maximum Gasteiger partial charge on any atom is 0.243 e. The average Bonchev–Trinajstić information content (AvgIpc) is 3.03. The molecule has 2 unspecified atom stereocenters. The Morgan fingerprint density at radius 3 is 2.35 bits per heavy atom. The number of rotatable bonds is 4. The fourth-order valence-corrected chi connectivity index (χ4v) is 3.05. The van der Waals surface area contributed by atoms with Gasteiger partial charge in [-0.25, -0.2) is 0 Å². The summed E-state index contributed by atoms with van der Waals surface area (Å²) in [5.74, 6) is -0.220. The first-order valence-electron chi connectivity index (χ1n) is 7.28. The molecule has 1 N–H and O–H groups in total. The lowest BCUT2D eigenvalue weighted by Gasteiger charge is -2.29. The molecule has 2 amide bonds. The SMILES string of the molecule is CC(=O)CNC(=O)C1CCCN1C(=O)C1CCCN1C. The number of likely N-dealkylation sites (tertiary alicyclic amines) is 2. The third kappa shape index (κ3) is 3.17. The molecule has 0 saturated carbocycles. The second-order valence-corrected chi connectivity index (χ2v) is 5.75. The lowest BCUT2D eigenvalue weighted by molar-refractivity contribution is -0.141. The predicted molar refractivity (Wildman–Crippen MR) is 74.1 cm³/mol. The van der Waals surface area contributed by atoms with Gasteiger partial charge in [0.2, 0.25) is 11.8 Å². The molecule has 2 fully saturated rings. The first-order valence-corrected chi connectivity index (χ1v) is 7.28. The molecule has 2 aliphatic heterocycles. The number of nitrogens with one attached hydrogen (secondary N) is 1. The zero-order chi connectivity index (χ0) is 14.7. The number of carbonyl (C=O) groups excluding carboxylic acids is 3. The molecule has 0 aromatic carbocycles. The summed E-state index contributed by atoms with van der Waals surface area (Å²) in [5, 5.41) is 2.61. The van der Waals surface area contributed by atoms with E-state index in [0.29, 0.717) is 13.0 Å². The Morgan fingerprint density at radius 1 is 1.10 bits per heavy atom. The van der Waals surface area contributed by atoms with Gasteiger partial charge in [-0.3, -0.25) is 19.3 Å². The van der Waals surface area contributed by atoms with Crippen molar-refractivity contribution in [3.05, 3.63) is 0 Å². The molecule has 0 radical (unpaired) electrons. The van der Waals surface area contributed by atoms with E-state index < -0.39 is 6.04 Å². The van der Waals surface area contributed by atoms with Crippen LogP contribution in [0, 0.1) is 0 Å². The number of hydrogen-bond acceptors (Lipinski definition) is 4. The molecule has 2 atom stereocenters. The van der Waals surface area contributed by atoms with Crippen LogP contribution in [-0.2, 0) is 14.4 Å². The zero-order valence-electron chi connectivity index (χ0n) is 12.2. The Morgan fingerprint density at radius 2 is 1.75 bits per heavy atom. The van der Waals surface area contributed by atoms with Gasteiger partial charge in [0.25, 0.3) is 0 Å². The van der Waals surface area contributed by atoms with Crippen LogP contribution in [0.1, 0.15) is 32.6 Å². The molecular formula is C14H23N3O3. The molecule has 112 valence electrons. The monoisotopic (exact) mass is 281 g/mol. The number of ketones is 1. The zero-order valence-corrected chi connectivity index (χ0v) is 12.2. The second-order valence-electron chi connectivity index (χ2n) is 5.75. The van der Waals surface area contributed by atoms with Gasteiger partial charge in [-0.2, -0.15) is 0 Å². The first-order chi connectivity index (χ1) is 9.50. The van der Waals surface area contributed by atoms with Gasteiger partial charge in [-0.1, -0.05) is 0 Å². The van der Waals surface area contributed by atoms with Crippen molar-refractivity contribution < 1.29 is 14.4 Å². The van der Waals surface area contributed by atoms with Crippen molar-refractivity contribution >= 4 is 17.6 Å². The topological polar surface area (TPSA) is 69.7 Å². The fourth-order valence-electron chi connectivity index (χ4n) is 3.05. The van der Waals surface area contributed by atoms with Gasteiger partial charge in [-0.05, 0) is 46.2 Å². The number of hydrogen-bond donors (Lipinski definition) is 1. The number of Topliss-reactive ketones (excluding diaryl/α,β-unsaturated/α-hetero) is 1. The van der Waals surface area contributed by atoms with Crippen molar-refractivity contribution in [1.82, 2.24) is 15.1 Å². The molecule has 6 heteroatoms. The summed E-state index contributed by atoms with van der Waals surface area (Å²) < 4.78 is 0. The molecule has 2 aliphatic rings. The Hall–Kier alpha value is -1.43. The van der Waals surface area contributed by atoms with E-state index >= 15 is 0 Å². The minimum absolute atomic E-state index is 0.0424. The summed E-state index contributed by atoms with van der Waals surface area (Å²) in [6.45, 7) is 3.05. The molecule has 2 heterocycles. The van der Waals surface area contributed by atoms with E-state index in [1.54, 1.807) is 4.90 Å². The van der Waals surface area contributed by atoms with Gasteiger partial charge in [0, 0.05) is 6.54 Å². The molecule has 0 aromatic rings. The van der Waals surface area contributed by atoms with E-state index in [-0.39, 0.29) is 30.2 Å². The Kier molecular flexibility index (Phi) is 4.75. The van der Waals surface area contributed by atoms with Gasteiger partial charge in [-0.15, -0.1) is 0 Å². The Balaban J connectivity index is 1.97. The van der Waals surface area contributed by atoms with Gasteiger partial charge in [0.15, 0.2) is 0 Å². The van der Waals surface area contributed by atoms with Crippen LogP contribution in [0.3, 0.4) is 0 Å². The average molecular weight is 281 g/mol. The highest BCUT2D eigenvalue weighted by atomic mass is 16.2. The molecule has 20 heavy (non-hydrogen) atoms. The maximum absolute atomic E-state index is 12.5. The van der Waals surface area contributed by atoms with Crippen molar-refractivity contribution in [3.8, 4) is 0 Å². The molecule has 0 aliphatic carbocycles. The molecule has 2 saturated heterocycles. The summed E-state index contributed by atoms with van der Waals surface area (Å²) in [7, 11) is 1.95. The molecular weight excluding hydrogens is 258 g/mol. The Labute approximate surface area is 119 Å². The van der Waals surface area contributed by atoms with Gasteiger partial charge in [0.05, 0.1) is 12.6 Å². The van der Waals surface area contributed by atoms with Gasteiger partial charge >= 0.3 is 0 Å². The van der Waals surface area contributed by atoms with Crippen LogP contribution < -0.4 is 5.32 Å². The van der Waals surface area contributed by atoms with Crippen molar-refractivity contribution in [2.24, 2.45) is 0 Å². The quantitative estimate of drug-likeness (QED) is 0.773. The first kappa shape index (κ1) is 15.0. The molecule has 6 nitrogen and oxygen atoms in total. The van der Waals surface area contributed by atoms with Crippen LogP contribution in [0.2, 0.25) is 0 Å². The summed E-state index contributed by atoms with van der Waals surface area (Å²) in [6, 6.07) is -0.493. The van der Waals surface area contributed by atoms with E-state index in [4.69, 9.17) is 0 Å². The standard InChI is InChI=1S/C14H23N3O3/c1-10(18)9-15-13(19)11-5-4-8-17(11)14(20)12-6-3-7-16(12)2/h11-12H,3-9H2,1-2H3,(H,15,19). The fraction of sp³-hybridized carbons (Fsp3) is 0.786. The normalized spacial score (nSPS) is 26.8. The highest BCUT2D eigenvalue weighted by Gasteiger charge is 2.39. The van der Waals surface area contributed by atoms with Crippen LogP contribution in [0.25, 0.3) is 0 Å². The number of amides is 2. The van der Waals surface area contributed by atoms with E-state index in [1.165, 1.54) is 6.92 Å². The number of likely N-dealkylation sites (N-methyl/N-ethyl adjacent to an activating group) is 1. The van der Waals surface area contributed by atoms with Crippen LogP contribution >= 0.6 is 0 Å². The summed E-state index contributed by atoms with van der Waals surface area (Å²) >= 11 is 0. The van der Waals surface area contributed by atoms with E-state index in [9.17, 15) is 14.4 Å². The van der Waals surface area contributed by atoms with Crippen LogP contribution in [0.4, 0.5) is 0 Å². The summed E-state index contributed by atoms with van der Waals surface area (Å²) in [6.07, 6.45) is 3.43. The molecule has 0 bridgehead atoms. The third-order valence-corrected chi connectivity index (χ3v) is 4.16. The van der Waals surface area contributed by atoms with Crippen molar-refractivity contribution in [1.29, 1.82) is 0 Å². The minimum Gasteiger partial charge on any atom is -0.347 e. The highest BCUT2D eigenvalue weighted by molar-refractivity contribution is 5.92. The molecule has 0 spiro atoms. The van der Waals surface area contributed by atoms with Crippen molar-refractivity contribution in [2.45, 2.75) is 44.7 Å². The third-order valence-electron chi connectivity index (χ3n) is 4.16. The smallest absolute Gasteiger partial charge is 0.243 e. The summed E-state index contributed by atoms with van der Waals surface area (Å²) in [5.41, 5.74) is 0. The second kappa shape index (κ2) is 6.35.